The molecule has 6 heteroatoms. The minimum atomic E-state index is -0.0676. The van der Waals surface area contributed by atoms with E-state index in [0.717, 1.165) is 17.0 Å². The average molecular weight is 379 g/mol. The first-order chi connectivity index (χ1) is 13.2. The summed E-state index contributed by atoms with van der Waals surface area (Å²) in [5.41, 5.74) is 1.71. The summed E-state index contributed by atoms with van der Waals surface area (Å²) >= 11 is 1.67. The van der Waals surface area contributed by atoms with Gasteiger partial charge in [0.15, 0.2) is 0 Å². The predicted molar refractivity (Wildman–Crippen MR) is 109 cm³/mol. The average Bonchev–Trinajstić information content (AvgIpc) is 3.12. The number of amides is 3. The molecule has 0 aromatic heterocycles. The molecular weight excluding hydrogens is 358 g/mol. The van der Waals surface area contributed by atoms with Gasteiger partial charge < -0.3 is 10.6 Å². The molecule has 2 aromatic rings. The number of hydrogen-bond donors (Lipinski definition) is 2. The second-order valence-electron chi connectivity index (χ2n) is 5.92. The molecular formula is C21H21N3O2S. The maximum atomic E-state index is 11.8. The van der Waals surface area contributed by atoms with Crippen molar-refractivity contribution in [3.05, 3.63) is 60.2 Å². The summed E-state index contributed by atoms with van der Waals surface area (Å²) in [4.78, 5) is 26.3. The second-order valence-corrected chi connectivity index (χ2v) is 7.09. The van der Waals surface area contributed by atoms with Crippen molar-refractivity contribution in [2.75, 3.05) is 30.3 Å². The van der Waals surface area contributed by atoms with Crippen molar-refractivity contribution in [1.29, 1.82) is 0 Å². The lowest BCUT2D eigenvalue weighted by molar-refractivity contribution is -0.120. The number of carbonyl (C=O) groups excluding carboxylic acids is 2. The SMILES string of the molecule is O=C(CCSc1ccccc1)NCC#Cc1ccc(N2CCNC2=O)cc1. The molecule has 0 unspecified atom stereocenters. The Bertz CT molecular complexity index is 841. The van der Waals surface area contributed by atoms with E-state index in [4.69, 9.17) is 0 Å². The highest BCUT2D eigenvalue weighted by Crippen LogP contribution is 2.18. The minimum absolute atomic E-state index is 0.00289. The number of carbonyl (C=O) groups is 2. The van der Waals surface area contributed by atoms with Gasteiger partial charge in [-0.25, -0.2) is 4.79 Å². The van der Waals surface area contributed by atoms with E-state index in [0.29, 0.717) is 26.1 Å². The van der Waals surface area contributed by atoms with E-state index >= 15 is 0 Å². The smallest absolute Gasteiger partial charge is 0.321 e. The normalized spacial score (nSPS) is 12.9. The molecule has 0 aliphatic carbocycles. The van der Waals surface area contributed by atoms with Gasteiger partial charge >= 0.3 is 6.03 Å². The minimum Gasteiger partial charge on any atom is -0.345 e. The number of nitrogens with zero attached hydrogens (tertiary/aromatic N) is 1. The van der Waals surface area contributed by atoms with Crippen LogP contribution in [0.25, 0.3) is 0 Å². The predicted octanol–water partition coefficient (Wildman–Crippen LogP) is 2.87. The van der Waals surface area contributed by atoms with E-state index in [1.165, 1.54) is 4.90 Å². The van der Waals surface area contributed by atoms with Gasteiger partial charge in [0.1, 0.15) is 0 Å². The van der Waals surface area contributed by atoms with Gasteiger partial charge in [-0.2, -0.15) is 0 Å². The lowest BCUT2D eigenvalue weighted by Crippen LogP contribution is -2.27. The Labute approximate surface area is 163 Å². The van der Waals surface area contributed by atoms with Gasteiger partial charge in [-0.3, -0.25) is 9.69 Å². The molecule has 138 valence electrons. The molecule has 27 heavy (non-hydrogen) atoms. The van der Waals surface area contributed by atoms with Crippen molar-refractivity contribution in [3.63, 3.8) is 0 Å². The second kappa shape index (κ2) is 9.70. The molecule has 5 nitrogen and oxygen atoms in total. The van der Waals surface area contributed by atoms with Crippen LogP contribution in [0.15, 0.2) is 59.5 Å². The zero-order chi connectivity index (χ0) is 18.9. The Balaban J connectivity index is 1.38. The number of nitrogens with one attached hydrogen (secondary N) is 2. The van der Waals surface area contributed by atoms with E-state index in [9.17, 15) is 9.59 Å². The number of thioether (sulfide) groups is 1. The maximum Gasteiger partial charge on any atom is 0.321 e. The molecule has 1 aliphatic heterocycles. The third-order valence-corrected chi connectivity index (χ3v) is 5.00. The van der Waals surface area contributed by atoms with Crippen LogP contribution in [-0.2, 0) is 4.79 Å². The van der Waals surface area contributed by atoms with E-state index in [-0.39, 0.29) is 11.9 Å². The standard InChI is InChI=1S/C21H21N3O2S/c25-20(12-16-27-19-6-2-1-3-7-19)22-13-4-5-17-8-10-18(11-9-17)24-15-14-23-21(24)26/h1-3,6-11H,12-16H2,(H,22,25)(H,23,26). The zero-order valence-corrected chi connectivity index (χ0v) is 15.7. The van der Waals surface area contributed by atoms with E-state index in [1.54, 1.807) is 16.7 Å². The quantitative estimate of drug-likeness (QED) is 0.599. The summed E-state index contributed by atoms with van der Waals surface area (Å²) in [5.74, 6) is 6.73. The zero-order valence-electron chi connectivity index (χ0n) is 14.9. The van der Waals surface area contributed by atoms with Crippen molar-refractivity contribution in [3.8, 4) is 11.8 Å². The Morgan fingerprint density at radius 2 is 1.93 bits per heavy atom. The van der Waals surface area contributed by atoms with Gasteiger partial charge in [-0.15, -0.1) is 11.8 Å². The molecule has 0 saturated carbocycles. The van der Waals surface area contributed by atoms with Crippen LogP contribution in [-0.4, -0.2) is 37.3 Å². The van der Waals surface area contributed by atoms with Crippen molar-refractivity contribution in [2.45, 2.75) is 11.3 Å². The van der Waals surface area contributed by atoms with E-state index in [1.807, 2.05) is 54.6 Å². The lowest BCUT2D eigenvalue weighted by Gasteiger charge is -2.13. The molecule has 0 radical (unpaired) electrons. The fraction of sp³-hybridized carbons (Fsp3) is 0.238. The highest BCUT2D eigenvalue weighted by molar-refractivity contribution is 7.99. The molecule has 1 saturated heterocycles. The molecule has 0 spiro atoms. The largest absolute Gasteiger partial charge is 0.345 e. The molecule has 3 rings (SSSR count). The fourth-order valence-electron chi connectivity index (χ4n) is 2.60. The number of anilines is 1. The first kappa shape index (κ1) is 18.9. The summed E-state index contributed by atoms with van der Waals surface area (Å²) in [6, 6.07) is 17.5. The fourth-order valence-corrected chi connectivity index (χ4v) is 3.47. The lowest BCUT2D eigenvalue weighted by atomic mass is 10.2. The van der Waals surface area contributed by atoms with Crippen LogP contribution in [0, 0.1) is 11.8 Å². The van der Waals surface area contributed by atoms with Gasteiger partial charge in [-0.1, -0.05) is 30.0 Å². The first-order valence-electron chi connectivity index (χ1n) is 8.81. The van der Waals surface area contributed by atoms with E-state index < -0.39 is 0 Å². The van der Waals surface area contributed by atoms with Crippen molar-refractivity contribution < 1.29 is 9.59 Å². The summed E-state index contributed by atoms with van der Waals surface area (Å²) in [6.07, 6.45) is 0.466. The third-order valence-electron chi connectivity index (χ3n) is 3.98. The number of benzene rings is 2. The monoisotopic (exact) mass is 379 g/mol. The molecule has 3 amide bonds. The molecule has 0 bridgehead atoms. The molecule has 2 N–H and O–H groups in total. The number of rotatable bonds is 6. The number of hydrogen-bond acceptors (Lipinski definition) is 3. The van der Waals surface area contributed by atoms with Crippen molar-refractivity contribution >= 4 is 29.4 Å². The van der Waals surface area contributed by atoms with Gasteiger partial charge in [0.25, 0.3) is 0 Å². The van der Waals surface area contributed by atoms with Gasteiger partial charge in [0.2, 0.25) is 5.91 Å². The highest BCUT2D eigenvalue weighted by atomic mass is 32.2. The summed E-state index contributed by atoms with van der Waals surface area (Å²) in [6.45, 7) is 1.67. The van der Waals surface area contributed by atoms with E-state index in [2.05, 4.69) is 22.5 Å². The van der Waals surface area contributed by atoms with Gasteiger partial charge in [0.05, 0.1) is 6.54 Å². The van der Waals surface area contributed by atoms with Crippen molar-refractivity contribution in [2.24, 2.45) is 0 Å². The Morgan fingerprint density at radius 3 is 2.63 bits per heavy atom. The molecule has 1 heterocycles. The number of urea groups is 1. The molecule has 1 aliphatic rings. The summed E-state index contributed by atoms with van der Waals surface area (Å²) in [5, 5.41) is 5.59. The van der Waals surface area contributed by atoms with Crippen LogP contribution in [0.5, 0.6) is 0 Å². The van der Waals surface area contributed by atoms with Crippen LogP contribution in [0.3, 0.4) is 0 Å². The van der Waals surface area contributed by atoms with Crippen LogP contribution >= 0.6 is 11.8 Å². The maximum absolute atomic E-state index is 11.8. The van der Waals surface area contributed by atoms with Crippen LogP contribution in [0.4, 0.5) is 10.5 Å². The van der Waals surface area contributed by atoms with Gasteiger partial charge in [0, 0.05) is 41.4 Å². The van der Waals surface area contributed by atoms with Crippen LogP contribution < -0.4 is 15.5 Å². The first-order valence-corrected chi connectivity index (χ1v) is 9.80. The summed E-state index contributed by atoms with van der Waals surface area (Å²) < 4.78 is 0. The molecule has 0 atom stereocenters. The Hall–Kier alpha value is -2.91. The molecule has 2 aromatic carbocycles. The highest BCUT2D eigenvalue weighted by Gasteiger charge is 2.20. The van der Waals surface area contributed by atoms with Gasteiger partial charge in [-0.05, 0) is 36.4 Å². The van der Waals surface area contributed by atoms with Crippen LogP contribution in [0.1, 0.15) is 12.0 Å². The Morgan fingerprint density at radius 1 is 1.15 bits per heavy atom. The Kier molecular flexibility index (Phi) is 6.78. The van der Waals surface area contributed by atoms with Crippen molar-refractivity contribution in [1.82, 2.24) is 10.6 Å². The molecule has 1 fully saturated rings. The summed E-state index contributed by atoms with van der Waals surface area (Å²) in [7, 11) is 0. The topological polar surface area (TPSA) is 61.4 Å². The third kappa shape index (κ3) is 5.80. The van der Waals surface area contributed by atoms with Crippen LogP contribution in [0.2, 0.25) is 0 Å².